The summed E-state index contributed by atoms with van der Waals surface area (Å²) in [5, 5.41) is 0. The first-order valence-electron chi connectivity index (χ1n) is 9.11. The number of ether oxygens (including phenoxy) is 3. The number of halogens is 2. The number of rotatable bonds is 8. The summed E-state index contributed by atoms with van der Waals surface area (Å²) in [6.45, 7) is 0.435. The Hall–Kier alpha value is -2.32. The molecule has 0 aliphatic heterocycles. The van der Waals surface area contributed by atoms with Gasteiger partial charge in [0.15, 0.2) is 17.3 Å². The van der Waals surface area contributed by atoms with Gasteiger partial charge in [0.05, 0.1) is 17.8 Å². The zero-order chi connectivity index (χ0) is 21.5. The second-order valence-corrected chi connectivity index (χ2v) is 8.45. The molecular weight excluding hydrogens is 559 g/mol. The zero-order valence-corrected chi connectivity index (χ0v) is 20.3. The molecule has 0 N–H and O–H groups in total. The van der Waals surface area contributed by atoms with Crippen LogP contribution in [0.15, 0.2) is 71.2 Å². The van der Waals surface area contributed by atoms with Gasteiger partial charge in [-0.25, -0.2) is 0 Å². The number of hydrogen-bond donors (Lipinski definition) is 0. The van der Waals surface area contributed by atoms with Crippen molar-refractivity contribution in [3.63, 3.8) is 0 Å². The predicted octanol–water partition coefficient (Wildman–Crippen LogP) is 6.55. The summed E-state index contributed by atoms with van der Waals surface area (Å²) in [5.74, 6) is 1.94. The molecule has 0 unspecified atom stereocenters. The van der Waals surface area contributed by atoms with Gasteiger partial charge in [0.2, 0.25) is 0 Å². The summed E-state index contributed by atoms with van der Waals surface area (Å²) in [6.07, 6.45) is 3.32. The van der Waals surface area contributed by atoms with E-state index in [2.05, 4.69) is 38.5 Å². The lowest BCUT2D eigenvalue weighted by atomic mass is 10.1. The first kappa shape index (κ1) is 22.4. The summed E-state index contributed by atoms with van der Waals surface area (Å²) in [7, 11) is 3.20. The van der Waals surface area contributed by atoms with Crippen molar-refractivity contribution >= 4 is 50.4 Å². The van der Waals surface area contributed by atoms with E-state index in [-0.39, 0.29) is 5.78 Å². The largest absolute Gasteiger partial charge is 0.497 e. The molecule has 0 spiro atoms. The maximum Gasteiger partial charge on any atom is 0.185 e. The zero-order valence-electron chi connectivity index (χ0n) is 16.5. The molecule has 0 aromatic heterocycles. The molecule has 3 aromatic rings. The van der Waals surface area contributed by atoms with Crippen molar-refractivity contribution in [3.8, 4) is 17.2 Å². The Kier molecular flexibility index (Phi) is 7.93. The third-order valence-electron chi connectivity index (χ3n) is 4.35. The predicted molar refractivity (Wildman–Crippen MR) is 131 cm³/mol. The number of carbonyl (C=O) groups excluding carboxylic acids is 1. The van der Waals surface area contributed by atoms with E-state index in [1.807, 2.05) is 36.4 Å². The fourth-order valence-corrected chi connectivity index (χ4v) is 3.78. The Morgan fingerprint density at radius 3 is 2.33 bits per heavy atom. The van der Waals surface area contributed by atoms with E-state index >= 15 is 0 Å². The molecule has 0 atom stereocenters. The Morgan fingerprint density at radius 2 is 1.70 bits per heavy atom. The summed E-state index contributed by atoms with van der Waals surface area (Å²) in [4.78, 5) is 12.4. The van der Waals surface area contributed by atoms with E-state index < -0.39 is 0 Å². The van der Waals surface area contributed by atoms with Crippen molar-refractivity contribution in [1.82, 2.24) is 0 Å². The van der Waals surface area contributed by atoms with Crippen LogP contribution in [0, 0.1) is 3.57 Å². The maximum absolute atomic E-state index is 12.4. The van der Waals surface area contributed by atoms with Crippen molar-refractivity contribution < 1.29 is 19.0 Å². The molecule has 0 saturated heterocycles. The minimum Gasteiger partial charge on any atom is -0.497 e. The van der Waals surface area contributed by atoms with Gasteiger partial charge in [0.1, 0.15) is 12.4 Å². The average Bonchev–Trinajstić information content (AvgIpc) is 2.77. The standard InChI is InChI=1S/C24H20BrIO4/c1-28-20-10-6-18(7-11-20)22(27)12-5-17-13-21(26)24(23(14-17)29-2)30-15-16-3-8-19(25)9-4-16/h3-14H,15H2,1-2H3/b12-5+. The van der Waals surface area contributed by atoms with Crippen LogP contribution < -0.4 is 14.2 Å². The van der Waals surface area contributed by atoms with Crippen LogP contribution in [-0.2, 0) is 6.61 Å². The number of carbonyl (C=O) groups is 1. The second-order valence-electron chi connectivity index (χ2n) is 6.38. The highest BCUT2D eigenvalue weighted by Crippen LogP contribution is 2.35. The van der Waals surface area contributed by atoms with Gasteiger partial charge in [0, 0.05) is 10.0 Å². The molecule has 6 heteroatoms. The minimum absolute atomic E-state index is 0.0813. The number of hydrogen-bond acceptors (Lipinski definition) is 4. The van der Waals surface area contributed by atoms with Crippen LogP contribution in [0.5, 0.6) is 17.2 Å². The van der Waals surface area contributed by atoms with Crippen LogP contribution in [-0.4, -0.2) is 20.0 Å². The first-order valence-corrected chi connectivity index (χ1v) is 11.0. The lowest BCUT2D eigenvalue weighted by Crippen LogP contribution is -2.00. The summed E-state index contributed by atoms with van der Waals surface area (Å²) < 4.78 is 18.6. The summed E-state index contributed by atoms with van der Waals surface area (Å²) >= 11 is 5.65. The first-order chi connectivity index (χ1) is 14.5. The Balaban J connectivity index is 1.74. The molecule has 3 aromatic carbocycles. The molecule has 3 rings (SSSR count). The Labute approximate surface area is 198 Å². The fourth-order valence-electron chi connectivity index (χ4n) is 2.74. The molecule has 0 aliphatic carbocycles. The van der Waals surface area contributed by atoms with E-state index in [1.54, 1.807) is 50.6 Å². The third-order valence-corrected chi connectivity index (χ3v) is 5.68. The van der Waals surface area contributed by atoms with E-state index in [0.29, 0.717) is 29.4 Å². The average molecular weight is 579 g/mol. The van der Waals surface area contributed by atoms with Crippen LogP contribution in [0.25, 0.3) is 6.08 Å². The summed E-state index contributed by atoms with van der Waals surface area (Å²) in [6, 6.07) is 18.8. The van der Waals surface area contributed by atoms with Crippen molar-refractivity contribution in [1.29, 1.82) is 0 Å². The third kappa shape index (κ3) is 5.86. The van der Waals surface area contributed by atoms with E-state index in [4.69, 9.17) is 14.2 Å². The van der Waals surface area contributed by atoms with Gasteiger partial charge in [-0.1, -0.05) is 34.1 Å². The van der Waals surface area contributed by atoms with Crippen LogP contribution in [0.2, 0.25) is 0 Å². The monoisotopic (exact) mass is 578 g/mol. The van der Waals surface area contributed by atoms with Gasteiger partial charge < -0.3 is 14.2 Å². The minimum atomic E-state index is -0.0813. The summed E-state index contributed by atoms with van der Waals surface area (Å²) in [5.41, 5.74) is 2.52. The number of allylic oxidation sites excluding steroid dienone is 1. The highest BCUT2D eigenvalue weighted by Gasteiger charge is 2.12. The lowest BCUT2D eigenvalue weighted by Gasteiger charge is -2.14. The van der Waals surface area contributed by atoms with Crippen molar-refractivity contribution in [2.75, 3.05) is 14.2 Å². The molecule has 0 fully saturated rings. The van der Waals surface area contributed by atoms with Crippen LogP contribution >= 0.6 is 38.5 Å². The molecule has 0 saturated carbocycles. The molecule has 0 radical (unpaired) electrons. The highest BCUT2D eigenvalue weighted by atomic mass is 127. The Morgan fingerprint density at radius 1 is 1.00 bits per heavy atom. The quantitative estimate of drug-likeness (QED) is 0.173. The smallest absolute Gasteiger partial charge is 0.185 e. The molecule has 30 heavy (non-hydrogen) atoms. The second kappa shape index (κ2) is 10.6. The van der Waals surface area contributed by atoms with Crippen LogP contribution in [0.4, 0.5) is 0 Å². The lowest BCUT2D eigenvalue weighted by molar-refractivity contribution is 0.104. The number of ketones is 1. The fraction of sp³-hybridized carbons (Fsp3) is 0.125. The van der Waals surface area contributed by atoms with Crippen LogP contribution in [0.1, 0.15) is 21.5 Å². The molecular formula is C24H20BrIO4. The molecule has 0 heterocycles. The van der Waals surface area contributed by atoms with E-state index in [1.165, 1.54) is 0 Å². The molecule has 0 bridgehead atoms. The molecule has 154 valence electrons. The maximum atomic E-state index is 12.4. The van der Waals surface area contributed by atoms with Gasteiger partial charge in [-0.2, -0.15) is 0 Å². The van der Waals surface area contributed by atoms with Gasteiger partial charge in [0.25, 0.3) is 0 Å². The van der Waals surface area contributed by atoms with Gasteiger partial charge in [-0.05, 0) is 88.3 Å². The molecule has 0 amide bonds. The number of benzene rings is 3. The van der Waals surface area contributed by atoms with Crippen LogP contribution in [0.3, 0.4) is 0 Å². The van der Waals surface area contributed by atoms with Crippen molar-refractivity contribution in [2.24, 2.45) is 0 Å². The van der Waals surface area contributed by atoms with Gasteiger partial charge >= 0.3 is 0 Å². The van der Waals surface area contributed by atoms with Gasteiger partial charge in [-0.15, -0.1) is 0 Å². The topological polar surface area (TPSA) is 44.8 Å². The van der Waals surface area contributed by atoms with Crippen molar-refractivity contribution in [3.05, 3.63) is 91.5 Å². The molecule has 4 nitrogen and oxygen atoms in total. The van der Waals surface area contributed by atoms with Gasteiger partial charge in [-0.3, -0.25) is 4.79 Å². The van der Waals surface area contributed by atoms with E-state index in [0.717, 1.165) is 19.2 Å². The van der Waals surface area contributed by atoms with Crippen molar-refractivity contribution in [2.45, 2.75) is 6.61 Å². The Bertz CT molecular complexity index is 1040. The number of methoxy groups -OCH3 is 2. The SMILES string of the molecule is COc1ccc(C(=O)/C=C/c2cc(I)c(OCc3ccc(Br)cc3)c(OC)c2)cc1. The van der Waals surface area contributed by atoms with E-state index in [9.17, 15) is 4.79 Å². The highest BCUT2D eigenvalue weighted by molar-refractivity contribution is 14.1. The molecule has 0 aliphatic rings. The normalized spacial score (nSPS) is 10.8.